The summed E-state index contributed by atoms with van der Waals surface area (Å²) in [6.07, 6.45) is 19.3. The molecule has 0 amide bonds. The predicted molar refractivity (Wildman–Crippen MR) is 73.8 cm³/mol. The van der Waals surface area contributed by atoms with Gasteiger partial charge in [-0.1, -0.05) is 77.0 Å². The lowest BCUT2D eigenvalue weighted by Crippen LogP contribution is -2.29. The molecule has 3 saturated carbocycles. The molecule has 0 aromatic heterocycles. The van der Waals surface area contributed by atoms with Crippen LogP contribution >= 0.6 is 0 Å². The van der Waals surface area contributed by atoms with E-state index in [1.165, 1.54) is 16.6 Å². The zero-order valence-electron chi connectivity index (χ0n) is 10.8. The van der Waals surface area contributed by atoms with Crippen LogP contribution in [0, 0.1) is 0 Å². The maximum Gasteiger partial charge on any atom is 0.0461 e. The molecule has 0 N–H and O–H groups in total. The quantitative estimate of drug-likeness (QED) is 0.602. The van der Waals surface area contributed by atoms with Gasteiger partial charge < -0.3 is 0 Å². The maximum absolute atomic E-state index is 1.64. The molecular formula is C15H28Si. The summed E-state index contributed by atoms with van der Waals surface area (Å²) >= 11 is 0. The Morgan fingerprint density at radius 3 is 0.938 bits per heavy atom. The standard InChI is InChI=1S/C15H28Si/c1-2-8-13(7-1)16(14-9-3-4-10-14)15-11-5-6-12-15/h13-16H,1-12H2. The monoisotopic (exact) mass is 236 g/mol. The lowest BCUT2D eigenvalue weighted by Gasteiger charge is -2.33. The first kappa shape index (κ1) is 11.3. The van der Waals surface area contributed by atoms with Crippen LogP contribution in [0.2, 0.25) is 16.6 Å². The number of hydrogen-bond donors (Lipinski definition) is 0. The van der Waals surface area contributed by atoms with Crippen molar-refractivity contribution in [3.63, 3.8) is 0 Å². The normalized spacial score (nSPS) is 29.8. The highest BCUT2D eigenvalue weighted by molar-refractivity contribution is 6.63. The second-order valence-electron chi connectivity index (χ2n) is 6.71. The molecule has 0 saturated heterocycles. The van der Waals surface area contributed by atoms with Gasteiger partial charge in [0.1, 0.15) is 0 Å². The Balaban J connectivity index is 1.70. The summed E-state index contributed by atoms with van der Waals surface area (Å²) in [6, 6.07) is 0. The van der Waals surface area contributed by atoms with Gasteiger partial charge in [-0.2, -0.15) is 0 Å². The molecule has 92 valence electrons. The van der Waals surface area contributed by atoms with E-state index in [2.05, 4.69) is 0 Å². The van der Waals surface area contributed by atoms with Gasteiger partial charge in [-0.3, -0.25) is 0 Å². The lowest BCUT2D eigenvalue weighted by molar-refractivity contribution is 0.709. The van der Waals surface area contributed by atoms with Crippen molar-refractivity contribution in [1.82, 2.24) is 0 Å². The highest BCUT2D eigenvalue weighted by Crippen LogP contribution is 2.51. The van der Waals surface area contributed by atoms with Gasteiger partial charge in [-0.05, 0) is 16.6 Å². The fourth-order valence-electron chi connectivity index (χ4n) is 5.18. The van der Waals surface area contributed by atoms with Gasteiger partial charge in [-0.15, -0.1) is 0 Å². The van der Waals surface area contributed by atoms with Crippen LogP contribution in [0.5, 0.6) is 0 Å². The van der Waals surface area contributed by atoms with Gasteiger partial charge in [-0.25, -0.2) is 0 Å². The third-order valence-corrected chi connectivity index (χ3v) is 11.1. The summed E-state index contributed by atoms with van der Waals surface area (Å²) in [4.78, 5) is 0. The molecule has 0 radical (unpaired) electrons. The van der Waals surface area contributed by atoms with Crippen LogP contribution in [0.4, 0.5) is 0 Å². The second kappa shape index (κ2) is 5.24. The van der Waals surface area contributed by atoms with Crippen LogP contribution in [0.3, 0.4) is 0 Å². The molecule has 0 bridgehead atoms. The molecule has 0 unspecified atom stereocenters. The van der Waals surface area contributed by atoms with E-state index in [9.17, 15) is 0 Å². The topological polar surface area (TPSA) is 0 Å². The summed E-state index contributed by atoms with van der Waals surface area (Å²) in [6.45, 7) is 0. The van der Waals surface area contributed by atoms with Crippen molar-refractivity contribution in [1.29, 1.82) is 0 Å². The van der Waals surface area contributed by atoms with Crippen molar-refractivity contribution >= 4 is 8.80 Å². The molecule has 0 aliphatic heterocycles. The van der Waals surface area contributed by atoms with Crippen molar-refractivity contribution in [3.8, 4) is 0 Å². The maximum atomic E-state index is 1.64. The van der Waals surface area contributed by atoms with Gasteiger partial charge in [0, 0.05) is 8.80 Å². The fourth-order valence-corrected chi connectivity index (χ4v) is 11.2. The van der Waals surface area contributed by atoms with Crippen molar-refractivity contribution in [2.24, 2.45) is 0 Å². The van der Waals surface area contributed by atoms with Crippen LogP contribution < -0.4 is 0 Å². The Hall–Kier alpha value is 0.217. The van der Waals surface area contributed by atoms with Crippen molar-refractivity contribution < 1.29 is 0 Å². The highest BCUT2D eigenvalue weighted by atomic mass is 28.3. The van der Waals surface area contributed by atoms with E-state index in [1.807, 2.05) is 0 Å². The lowest BCUT2D eigenvalue weighted by atomic mass is 10.3. The SMILES string of the molecule is C1CCC([SiH](C2CCCC2)C2CCCC2)C1. The van der Waals surface area contributed by atoms with Crippen LogP contribution in [0.15, 0.2) is 0 Å². The Bertz CT molecular complexity index is 169. The summed E-state index contributed by atoms with van der Waals surface area (Å²) < 4.78 is 0. The summed E-state index contributed by atoms with van der Waals surface area (Å²) in [5.74, 6) is 0. The van der Waals surface area contributed by atoms with Gasteiger partial charge in [0.15, 0.2) is 0 Å². The van der Waals surface area contributed by atoms with Crippen molar-refractivity contribution in [2.45, 2.75) is 93.7 Å². The second-order valence-corrected chi connectivity index (χ2v) is 10.7. The van der Waals surface area contributed by atoms with Gasteiger partial charge in [0.25, 0.3) is 0 Å². The van der Waals surface area contributed by atoms with Crippen molar-refractivity contribution in [2.75, 3.05) is 0 Å². The molecule has 0 nitrogen and oxygen atoms in total. The van der Waals surface area contributed by atoms with E-state index in [-0.39, 0.29) is 0 Å². The Morgan fingerprint density at radius 2 is 0.688 bits per heavy atom. The molecule has 16 heavy (non-hydrogen) atoms. The third kappa shape index (κ3) is 2.25. The minimum Gasteiger partial charge on any atom is -0.0533 e. The van der Waals surface area contributed by atoms with Gasteiger partial charge in [0.05, 0.1) is 0 Å². The minimum absolute atomic E-state index is 0.391. The van der Waals surface area contributed by atoms with Crippen LogP contribution in [-0.4, -0.2) is 8.80 Å². The van der Waals surface area contributed by atoms with E-state index in [0.717, 1.165) is 0 Å². The van der Waals surface area contributed by atoms with E-state index in [0.29, 0.717) is 0 Å². The van der Waals surface area contributed by atoms with Gasteiger partial charge >= 0.3 is 0 Å². The predicted octanol–water partition coefficient (Wildman–Crippen LogP) is 5.05. The van der Waals surface area contributed by atoms with E-state index in [4.69, 9.17) is 0 Å². The third-order valence-electron chi connectivity index (χ3n) is 5.83. The van der Waals surface area contributed by atoms with Crippen molar-refractivity contribution in [3.05, 3.63) is 0 Å². The molecule has 3 aliphatic rings. The minimum atomic E-state index is -0.391. The highest BCUT2D eigenvalue weighted by Gasteiger charge is 2.39. The Morgan fingerprint density at radius 1 is 0.438 bits per heavy atom. The molecular weight excluding hydrogens is 208 g/mol. The Labute approximate surface area is 103 Å². The summed E-state index contributed by atoms with van der Waals surface area (Å²) in [5, 5.41) is 0. The smallest absolute Gasteiger partial charge is 0.0461 e. The average Bonchev–Trinajstić information content (AvgIpc) is 3.02. The summed E-state index contributed by atoms with van der Waals surface area (Å²) in [5.41, 5.74) is 3.85. The molecule has 3 aliphatic carbocycles. The van der Waals surface area contributed by atoms with Gasteiger partial charge in [0.2, 0.25) is 0 Å². The van der Waals surface area contributed by atoms with Crippen LogP contribution in [0.25, 0.3) is 0 Å². The van der Waals surface area contributed by atoms with E-state index < -0.39 is 8.80 Å². The van der Waals surface area contributed by atoms with E-state index >= 15 is 0 Å². The molecule has 3 fully saturated rings. The van der Waals surface area contributed by atoms with Crippen LogP contribution in [-0.2, 0) is 0 Å². The molecule has 0 aromatic rings. The van der Waals surface area contributed by atoms with Crippen LogP contribution in [0.1, 0.15) is 77.0 Å². The zero-order valence-corrected chi connectivity index (χ0v) is 11.9. The Kier molecular flexibility index (Phi) is 3.71. The molecule has 0 aromatic carbocycles. The molecule has 3 rings (SSSR count). The number of rotatable bonds is 3. The first-order valence-corrected chi connectivity index (χ1v) is 9.95. The average molecular weight is 236 g/mol. The fraction of sp³-hybridized carbons (Fsp3) is 1.00. The first-order valence-electron chi connectivity index (χ1n) is 7.95. The largest absolute Gasteiger partial charge is 0.0533 e. The molecule has 0 heterocycles. The molecule has 0 atom stereocenters. The zero-order chi connectivity index (χ0) is 10.8. The molecule has 0 spiro atoms. The van der Waals surface area contributed by atoms with E-state index in [1.54, 1.807) is 77.0 Å². The number of hydrogen-bond acceptors (Lipinski definition) is 0. The molecule has 1 heteroatoms. The summed E-state index contributed by atoms with van der Waals surface area (Å²) in [7, 11) is -0.391. The first-order chi connectivity index (χ1) is 7.95.